The Morgan fingerprint density at radius 3 is 2.71 bits per heavy atom. The number of nitriles is 1. The molecule has 3 fully saturated rings. The molecule has 0 unspecified atom stereocenters. The summed E-state index contributed by atoms with van der Waals surface area (Å²) in [7, 11) is 0. The van der Waals surface area contributed by atoms with Crippen LogP contribution in [0.4, 0.5) is 13.6 Å². The van der Waals surface area contributed by atoms with Crippen LogP contribution in [0.3, 0.4) is 0 Å². The highest BCUT2D eigenvalue weighted by atomic mass is 19.3. The van der Waals surface area contributed by atoms with Crippen LogP contribution < -0.4 is 10.6 Å². The SMILES string of the molecule is N#Cc1cccc(CNC(=O)NC23CC(C(F)F)(C2)C3)c1. The molecule has 2 bridgehead atoms. The standard InChI is InChI=1S/C15H15F2N3O/c16-12(17)14-7-15(8-14,9-14)20-13(21)19-6-11-3-1-2-10(4-11)5-18/h1-4,12H,6-9H2,(H2,19,20,21). The van der Waals surface area contributed by atoms with E-state index in [9.17, 15) is 13.6 Å². The van der Waals surface area contributed by atoms with Gasteiger partial charge in [-0.1, -0.05) is 12.1 Å². The Bertz CT molecular complexity index is 604. The minimum absolute atomic E-state index is 0.303. The molecule has 0 radical (unpaired) electrons. The highest BCUT2D eigenvalue weighted by Crippen LogP contribution is 2.69. The fourth-order valence-electron chi connectivity index (χ4n) is 3.45. The fourth-order valence-corrected chi connectivity index (χ4v) is 3.45. The Kier molecular flexibility index (Phi) is 3.08. The number of carbonyl (C=O) groups is 1. The maximum absolute atomic E-state index is 12.7. The van der Waals surface area contributed by atoms with Gasteiger partial charge in [0.05, 0.1) is 11.6 Å². The van der Waals surface area contributed by atoms with Crippen LogP contribution in [0.25, 0.3) is 0 Å². The van der Waals surface area contributed by atoms with Crippen molar-refractivity contribution in [3.63, 3.8) is 0 Å². The van der Waals surface area contributed by atoms with Crippen LogP contribution in [0, 0.1) is 16.7 Å². The van der Waals surface area contributed by atoms with E-state index in [1.54, 1.807) is 18.2 Å². The van der Waals surface area contributed by atoms with Gasteiger partial charge in [0.1, 0.15) is 0 Å². The quantitative estimate of drug-likeness (QED) is 0.895. The van der Waals surface area contributed by atoms with Gasteiger partial charge in [-0.3, -0.25) is 0 Å². The molecule has 4 nitrogen and oxygen atoms in total. The summed E-state index contributed by atoms with van der Waals surface area (Å²) in [6, 6.07) is 8.64. The molecular formula is C15H15F2N3O. The fraction of sp³-hybridized carbons (Fsp3) is 0.467. The first-order valence-electron chi connectivity index (χ1n) is 6.80. The lowest BCUT2D eigenvalue weighted by Crippen LogP contribution is -2.77. The van der Waals surface area contributed by atoms with Crippen LogP contribution in [0.1, 0.15) is 30.4 Å². The number of hydrogen-bond donors (Lipinski definition) is 2. The summed E-state index contributed by atoms with van der Waals surface area (Å²) in [5.41, 5.74) is 0.0996. The lowest BCUT2D eigenvalue weighted by Gasteiger charge is -2.69. The number of rotatable bonds is 4. The van der Waals surface area contributed by atoms with Crippen molar-refractivity contribution in [2.75, 3.05) is 0 Å². The van der Waals surface area contributed by atoms with Crippen LogP contribution in [-0.4, -0.2) is 18.0 Å². The van der Waals surface area contributed by atoms with Gasteiger partial charge >= 0.3 is 6.03 Å². The zero-order valence-electron chi connectivity index (χ0n) is 11.3. The van der Waals surface area contributed by atoms with Gasteiger partial charge in [0.25, 0.3) is 0 Å². The van der Waals surface area contributed by atoms with Gasteiger partial charge in [-0.05, 0) is 37.0 Å². The molecule has 110 valence electrons. The largest absolute Gasteiger partial charge is 0.334 e. The number of nitrogens with zero attached hydrogens (tertiary/aromatic N) is 1. The van der Waals surface area contributed by atoms with Crippen molar-refractivity contribution >= 4 is 6.03 Å². The van der Waals surface area contributed by atoms with Gasteiger partial charge in [0.2, 0.25) is 6.43 Å². The Hall–Kier alpha value is -2.16. The van der Waals surface area contributed by atoms with Crippen LogP contribution >= 0.6 is 0 Å². The van der Waals surface area contributed by atoms with Gasteiger partial charge < -0.3 is 10.6 Å². The van der Waals surface area contributed by atoms with Crippen molar-refractivity contribution in [2.24, 2.45) is 5.41 Å². The molecule has 0 spiro atoms. The number of nitrogens with one attached hydrogen (secondary N) is 2. The number of urea groups is 1. The summed E-state index contributed by atoms with van der Waals surface area (Å²) in [6.07, 6.45) is -1.18. The van der Waals surface area contributed by atoms with Crippen molar-refractivity contribution in [1.82, 2.24) is 10.6 Å². The summed E-state index contributed by atoms with van der Waals surface area (Å²) >= 11 is 0. The monoisotopic (exact) mass is 291 g/mol. The molecule has 0 saturated heterocycles. The third-order valence-electron chi connectivity index (χ3n) is 4.42. The molecule has 1 aromatic rings. The van der Waals surface area contributed by atoms with Gasteiger partial charge in [0.15, 0.2) is 0 Å². The van der Waals surface area contributed by atoms with Crippen molar-refractivity contribution in [3.05, 3.63) is 35.4 Å². The highest BCUT2D eigenvalue weighted by Gasteiger charge is 2.72. The first-order valence-corrected chi connectivity index (χ1v) is 6.80. The Morgan fingerprint density at radius 1 is 1.38 bits per heavy atom. The molecule has 3 aliphatic rings. The third kappa shape index (κ3) is 2.33. The Morgan fingerprint density at radius 2 is 2.10 bits per heavy atom. The summed E-state index contributed by atoms with van der Waals surface area (Å²) in [6.45, 7) is 0.303. The molecule has 0 aliphatic heterocycles. The average molecular weight is 291 g/mol. The average Bonchev–Trinajstić information content (AvgIpc) is 2.38. The number of amides is 2. The molecule has 0 heterocycles. The van der Waals surface area contributed by atoms with Crippen molar-refractivity contribution in [1.29, 1.82) is 5.26 Å². The maximum Gasteiger partial charge on any atom is 0.315 e. The zero-order valence-corrected chi connectivity index (χ0v) is 11.3. The molecule has 0 aromatic heterocycles. The summed E-state index contributed by atoms with van der Waals surface area (Å²) in [5, 5.41) is 14.3. The predicted octanol–water partition coefficient (Wildman–Crippen LogP) is 2.55. The lowest BCUT2D eigenvalue weighted by atomic mass is 9.39. The number of halogens is 2. The lowest BCUT2D eigenvalue weighted by molar-refractivity contribution is -0.223. The smallest absolute Gasteiger partial charge is 0.315 e. The highest BCUT2D eigenvalue weighted by molar-refractivity contribution is 5.75. The van der Waals surface area contributed by atoms with Crippen LogP contribution in [0.15, 0.2) is 24.3 Å². The molecule has 0 atom stereocenters. The number of alkyl halides is 2. The second-order valence-corrected chi connectivity index (χ2v) is 6.09. The molecule has 4 rings (SSSR count). The van der Waals surface area contributed by atoms with Crippen molar-refractivity contribution in [3.8, 4) is 6.07 Å². The van der Waals surface area contributed by atoms with E-state index in [4.69, 9.17) is 5.26 Å². The van der Waals surface area contributed by atoms with Crippen LogP contribution in [-0.2, 0) is 6.54 Å². The van der Waals surface area contributed by atoms with E-state index in [-0.39, 0.29) is 6.03 Å². The first-order chi connectivity index (χ1) is 9.97. The topological polar surface area (TPSA) is 64.9 Å². The van der Waals surface area contributed by atoms with E-state index in [1.165, 1.54) is 0 Å². The molecule has 21 heavy (non-hydrogen) atoms. The predicted molar refractivity (Wildman–Crippen MR) is 71.5 cm³/mol. The summed E-state index contributed by atoms with van der Waals surface area (Å²) in [4.78, 5) is 11.8. The van der Waals surface area contributed by atoms with Gasteiger partial charge in [-0.2, -0.15) is 5.26 Å². The van der Waals surface area contributed by atoms with E-state index in [0.29, 0.717) is 31.4 Å². The molecule has 2 amide bonds. The number of hydrogen-bond acceptors (Lipinski definition) is 2. The number of carbonyl (C=O) groups excluding carboxylic acids is 1. The molecule has 3 aliphatic carbocycles. The molecular weight excluding hydrogens is 276 g/mol. The normalized spacial score (nSPS) is 29.0. The molecule has 1 aromatic carbocycles. The van der Waals surface area contributed by atoms with Crippen molar-refractivity contribution in [2.45, 2.75) is 37.8 Å². The second-order valence-electron chi connectivity index (χ2n) is 6.09. The molecule has 6 heteroatoms. The van der Waals surface area contributed by atoms with Gasteiger partial charge in [-0.25, -0.2) is 13.6 Å². The van der Waals surface area contributed by atoms with Crippen molar-refractivity contribution < 1.29 is 13.6 Å². The first kappa shape index (κ1) is 13.8. The minimum atomic E-state index is -2.29. The zero-order chi connectivity index (χ0) is 15.1. The van der Waals surface area contributed by atoms with E-state index >= 15 is 0 Å². The summed E-state index contributed by atoms with van der Waals surface area (Å²) < 4.78 is 25.4. The molecule has 3 saturated carbocycles. The molecule has 2 N–H and O–H groups in total. The summed E-state index contributed by atoms with van der Waals surface area (Å²) in [5.74, 6) is 0. The minimum Gasteiger partial charge on any atom is -0.334 e. The van der Waals surface area contributed by atoms with E-state index in [0.717, 1.165) is 5.56 Å². The van der Waals surface area contributed by atoms with E-state index in [1.807, 2.05) is 12.1 Å². The van der Waals surface area contributed by atoms with Gasteiger partial charge in [-0.15, -0.1) is 0 Å². The third-order valence-corrected chi connectivity index (χ3v) is 4.42. The van der Waals surface area contributed by atoms with Crippen LogP contribution in [0.2, 0.25) is 0 Å². The maximum atomic E-state index is 12.7. The Labute approximate surface area is 121 Å². The van der Waals surface area contributed by atoms with Crippen LogP contribution in [0.5, 0.6) is 0 Å². The van der Waals surface area contributed by atoms with E-state index < -0.39 is 17.4 Å². The van der Waals surface area contributed by atoms with Gasteiger partial charge in [0, 0.05) is 17.5 Å². The van der Waals surface area contributed by atoms with E-state index in [2.05, 4.69) is 10.6 Å². The number of benzene rings is 1. The second kappa shape index (κ2) is 4.69. The Balaban J connectivity index is 1.47.